The molecule has 4 heterocycles. The molecule has 8 nitrogen and oxygen atoms in total. The van der Waals surface area contributed by atoms with E-state index in [1.54, 1.807) is 25.3 Å². The fraction of sp³-hybridized carbons (Fsp3) is 0.486. The minimum atomic E-state index is -0.883. The van der Waals surface area contributed by atoms with E-state index in [1.165, 1.54) is 0 Å². The summed E-state index contributed by atoms with van der Waals surface area (Å²) in [6.45, 7) is 16.0. The van der Waals surface area contributed by atoms with Gasteiger partial charge in [0.25, 0.3) is 0 Å². The van der Waals surface area contributed by atoms with Crippen LogP contribution in [-0.4, -0.2) is 70.1 Å². The van der Waals surface area contributed by atoms with Gasteiger partial charge in [0.1, 0.15) is 17.5 Å². The van der Waals surface area contributed by atoms with Gasteiger partial charge in [0.15, 0.2) is 0 Å². The van der Waals surface area contributed by atoms with Gasteiger partial charge in [-0.1, -0.05) is 45.0 Å². The average molecular weight is 602 g/mol. The van der Waals surface area contributed by atoms with Crippen molar-refractivity contribution in [3.05, 3.63) is 82.4 Å². The van der Waals surface area contributed by atoms with Crippen LogP contribution in [-0.2, 0) is 34.3 Å². The molecule has 2 aliphatic rings. The Balaban J connectivity index is 1.31. The number of aryl methyl sites for hydroxylation is 1. The molecule has 1 aromatic carbocycles. The Morgan fingerprint density at radius 1 is 1.00 bits per heavy atom. The molecular formula is C35H44FN5O3. The van der Waals surface area contributed by atoms with Gasteiger partial charge in [-0.2, -0.15) is 0 Å². The van der Waals surface area contributed by atoms with E-state index in [0.717, 1.165) is 41.5 Å². The quantitative estimate of drug-likeness (QED) is 0.361. The van der Waals surface area contributed by atoms with E-state index in [9.17, 15) is 14.0 Å². The maximum atomic E-state index is 14.4. The number of hydrogen-bond acceptors (Lipinski definition) is 6. The average Bonchev–Trinajstić information content (AvgIpc) is 3.19. The highest BCUT2D eigenvalue weighted by atomic mass is 19.1. The number of anilines is 2. The third-order valence-corrected chi connectivity index (χ3v) is 8.86. The van der Waals surface area contributed by atoms with Crippen molar-refractivity contribution in [1.82, 2.24) is 14.9 Å². The van der Waals surface area contributed by atoms with Crippen molar-refractivity contribution >= 4 is 23.5 Å². The standard InChI is InChI=1S/C35H44FN5O3/c1-23(2)20-40-22-35(6,18-25-8-7-24(3)29(36)15-25)28-11-10-27(38-33(28)40)17-31(42)41-14-13-39(21-34(41,4)5)30-12-9-26(19-37-30)16-32(43)44/h7-12,15,19,23H,13-14,16-18,20-22H2,1-6H3,(H,43,44). The highest BCUT2D eigenvalue weighted by molar-refractivity contribution is 5.80. The number of carboxylic acid groups (broad SMARTS) is 1. The van der Waals surface area contributed by atoms with Crippen molar-refractivity contribution < 1.29 is 19.1 Å². The molecule has 1 atom stereocenters. The number of aromatic nitrogens is 2. The highest BCUT2D eigenvalue weighted by Crippen LogP contribution is 2.42. The van der Waals surface area contributed by atoms with Crippen LogP contribution >= 0.6 is 0 Å². The SMILES string of the molecule is Cc1ccc(CC2(C)CN(CC(C)C)c3nc(CC(=O)N4CCN(c5ccc(CC(=O)O)cn5)CC4(C)C)ccc32)cc1F. The van der Waals surface area contributed by atoms with Crippen molar-refractivity contribution in [1.29, 1.82) is 0 Å². The molecule has 0 radical (unpaired) electrons. The number of halogens is 1. The summed E-state index contributed by atoms with van der Waals surface area (Å²) in [7, 11) is 0. The molecule has 1 unspecified atom stereocenters. The highest BCUT2D eigenvalue weighted by Gasteiger charge is 2.41. The second kappa shape index (κ2) is 12.2. The first-order chi connectivity index (χ1) is 20.7. The Hall–Kier alpha value is -4.01. The lowest BCUT2D eigenvalue weighted by atomic mass is 9.79. The van der Waals surface area contributed by atoms with E-state index in [0.29, 0.717) is 43.1 Å². The normalized spacial score (nSPS) is 19.4. The largest absolute Gasteiger partial charge is 0.481 e. The van der Waals surface area contributed by atoms with Crippen molar-refractivity contribution in [2.45, 2.75) is 71.8 Å². The molecule has 0 saturated carbocycles. The number of hydrogen-bond donors (Lipinski definition) is 1. The predicted octanol–water partition coefficient (Wildman–Crippen LogP) is 5.20. The molecule has 44 heavy (non-hydrogen) atoms. The minimum Gasteiger partial charge on any atom is -0.481 e. The number of benzene rings is 1. The van der Waals surface area contributed by atoms with E-state index in [4.69, 9.17) is 10.1 Å². The molecule has 9 heteroatoms. The number of piperazine rings is 1. The fourth-order valence-electron chi connectivity index (χ4n) is 6.77. The van der Waals surface area contributed by atoms with Gasteiger partial charge in [0, 0.05) is 49.9 Å². The Bertz CT molecular complexity index is 1540. The number of aliphatic carboxylic acids is 1. The first-order valence-corrected chi connectivity index (χ1v) is 15.5. The zero-order chi connectivity index (χ0) is 31.8. The summed E-state index contributed by atoms with van der Waals surface area (Å²) in [6, 6.07) is 13.3. The molecule has 5 rings (SSSR count). The lowest BCUT2D eigenvalue weighted by Crippen LogP contribution is -2.61. The van der Waals surface area contributed by atoms with Gasteiger partial charge in [0.05, 0.1) is 24.1 Å². The predicted molar refractivity (Wildman–Crippen MR) is 171 cm³/mol. The van der Waals surface area contributed by atoms with E-state index in [2.05, 4.69) is 55.5 Å². The molecule has 2 aromatic heterocycles. The maximum absolute atomic E-state index is 14.4. The molecule has 1 saturated heterocycles. The van der Waals surface area contributed by atoms with Gasteiger partial charge >= 0.3 is 5.97 Å². The van der Waals surface area contributed by atoms with Crippen molar-refractivity contribution in [3.8, 4) is 0 Å². The van der Waals surface area contributed by atoms with Gasteiger partial charge < -0.3 is 19.8 Å². The molecule has 0 spiro atoms. The third kappa shape index (κ3) is 6.71. The number of carbonyl (C=O) groups is 2. The Morgan fingerprint density at radius 3 is 2.39 bits per heavy atom. The number of nitrogens with zero attached hydrogens (tertiary/aromatic N) is 5. The van der Waals surface area contributed by atoms with Crippen LogP contribution in [0, 0.1) is 18.7 Å². The van der Waals surface area contributed by atoms with Crippen molar-refractivity contribution in [2.24, 2.45) is 5.92 Å². The monoisotopic (exact) mass is 601 g/mol. The first-order valence-electron chi connectivity index (χ1n) is 15.5. The van der Waals surface area contributed by atoms with Gasteiger partial charge in [0.2, 0.25) is 5.91 Å². The lowest BCUT2D eigenvalue weighted by Gasteiger charge is -2.47. The number of fused-ring (bicyclic) bond motifs is 1. The Labute approximate surface area is 259 Å². The summed E-state index contributed by atoms with van der Waals surface area (Å²) in [6.07, 6.45) is 2.48. The summed E-state index contributed by atoms with van der Waals surface area (Å²) < 4.78 is 14.4. The van der Waals surface area contributed by atoms with Crippen LogP contribution in [0.3, 0.4) is 0 Å². The van der Waals surface area contributed by atoms with Gasteiger partial charge in [-0.15, -0.1) is 0 Å². The topological polar surface area (TPSA) is 89.9 Å². The van der Waals surface area contributed by atoms with Crippen molar-refractivity contribution in [3.63, 3.8) is 0 Å². The van der Waals surface area contributed by atoms with Crippen LogP contribution in [0.4, 0.5) is 16.0 Å². The zero-order valence-corrected chi connectivity index (χ0v) is 26.7. The van der Waals surface area contributed by atoms with Crippen LogP contribution in [0.25, 0.3) is 0 Å². The Kier molecular flexibility index (Phi) is 8.69. The second-order valence-corrected chi connectivity index (χ2v) is 13.8. The smallest absolute Gasteiger partial charge is 0.307 e. The number of pyridine rings is 2. The van der Waals surface area contributed by atoms with Crippen LogP contribution in [0.5, 0.6) is 0 Å². The molecular weight excluding hydrogens is 557 g/mol. The minimum absolute atomic E-state index is 0.0400. The number of carbonyl (C=O) groups excluding carboxylic acids is 1. The molecule has 234 valence electrons. The van der Waals surface area contributed by atoms with Crippen LogP contribution < -0.4 is 9.80 Å². The van der Waals surface area contributed by atoms with Crippen LogP contribution in [0.1, 0.15) is 62.6 Å². The number of rotatable bonds is 9. The fourth-order valence-corrected chi connectivity index (χ4v) is 6.77. The number of carboxylic acids is 1. The Morgan fingerprint density at radius 2 is 1.75 bits per heavy atom. The molecule has 0 bridgehead atoms. The summed E-state index contributed by atoms with van der Waals surface area (Å²) in [5.74, 6) is 1.13. The molecule has 2 aliphatic heterocycles. The summed E-state index contributed by atoms with van der Waals surface area (Å²) in [5, 5.41) is 9.03. The summed E-state index contributed by atoms with van der Waals surface area (Å²) >= 11 is 0. The molecule has 1 fully saturated rings. The molecule has 1 N–H and O–H groups in total. The zero-order valence-electron chi connectivity index (χ0n) is 26.7. The summed E-state index contributed by atoms with van der Waals surface area (Å²) in [4.78, 5) is 40.7. The first kappa shape index (κ1) is 31.4. The van der Waals surface area contributed by atoms with Gasteiger partial charge in [-0.3, -0.25) is 9.59 Å². The summed E-state index contributed by atoms with van der Waals surface area (Å²) in [5.41, 5.74) is 3.52. The van der Waals surface area contributed by atoms with Crippen LogP contribution in [0.2, 0.25) is 0 Å². The van der Waals surface area contributed by atoms with Crippen molar-refractivity contribution in [2.75, 3.05) is 42.5 Å². The van der Waals surface area contributed by atoms with Gasteiger partial charge in [-0.05, 0) is 68.0 Å². The van der Waals surface area contributed by atoms with Gasteiger partial charge in [-0.25, -0.2) is 14.4 Å². The second-order valence-electron chi connectivity index (χ2n) is 13.8. The molecule has 0 aliphatic carbocycles. The number of amides is 1. The lowest BCUT2D eigenvalue weighted by molar-refractivity contribution is -0.137. The molecule has 3 aromatic rings. The van der Waals surface area contributed by atoms with E-state index < -0.39 is 11.5 Å². The van der Waals surface area contributed by atoms with E-state index in [-0.39, 0.29) is 30.0 Å². The van der Waals surface area contributed by atoms with E-state index >= 15 is 0 Å². The van der Waals surface area contributed by atoms with Crippen LogP contribution in [0.15, 0.2) is 48.7 Å². The third-order valence-electron chi connectivity index (χ3n) is 8.86. The molecule has 1 amide bonds. The van der Waals surface area contributed by atoms with E-state index in [1.807, 2.05) is 29.2 Å². The maximum Gasteiger partial charge on any atom is 0.307 e.